The molecule has 9 heavy (non-hydrogen) atoms. The summed E-state index contributed by atoms with van der Waals surface area (Å²) in [6, 6.07) is 0. The Kier molecular flexibility index (Phi) is 2.85. The lowest BCUT2D eigenvalue weighted by Crippen LogP contribution is -2.24. The van der Waals surface area contributed by atoms with Crippen molar-refractivity contribution >= 4 is 15.1 Å². The van der Waals surface area contributed by atoms with Crippen molar-refractivity contribution in [3.63, 3.8) is 0 Å². The minimum absolute atomic E-state index is 0.241. The first-order valence-electron chi connectivity index (χ1n) is 2.60. The Morgan fingerprint density at radius 2 is 2.22 bits per heavy atom. The van der Waals surface area contributed by atoms with E-state index < -0.39 is 5.60 Å². The summed E-state index contributed by atoms with van der Waals surface area (Å²) < 4.78 is 4.61. The summed E-state index contributed by atoms with van der Waals surface area (Å²) in [6.45, 7) is 6.57. The van der Waals surface area contributed by atoms with Crippen LogP contribution in [0.2, 0.25) is 0 Å². The van der Waals surface area contributed by atoms with Crippen LogP contribution >= 0.6 is 0 Å². The SMILES string of the molecule is [B][B]OC(=C)C(C)(C)O. The van der Waals surface area contributed by atoms with Crippen molar-refractivity contribution in [1.29, 1.82) is 0 Å². The molecule has 47 valence electrons. The molecule has 1 N–H and O–H groups in total. The molecular weight excluding hydrogens is 114 g/mol. The van der Waals surface area contributed by atoms with Crippen LogP contribution in [-0.4, -0.2) is 25.8 Å². The fourth-order valence-electron chi connectivity index (χ4n) is 0.226. The van der Waals surface area contributed by atoms with E-state index in [-0.39, 0.29) is 5.76 Å². The van der Waals surface area contributed by atoms with Gasteiger partial charge in [-0.25, -0.2) is 0 Å². The molecule has 0 aliphatic heterocycles. The van der Waals surface area contributed by atoms with E-state index in [1.807, 2.05) is 0 Å². The highest BCUT2D eigenvalue weighted by Gasteiger charge is 2.17. The predicted molar refractivity (Wildman–Crippen MR) is 38.0 cm³/mol. The largest absolute Gasteiger partial charge is 0.576 e. The molecule has 3 radical (unpaired) electrons. The summed E-state index contributed by atoms with van der Waals surface area (Å²) in [4.78, 5) is 0. The molecular formula is C5H9B2O2. The van der Waals surface area contributed by atoms with Gasteiger partial charge in [0.2, 0.25) is 0 Å². The van der Waals surface area contributed by atoms with Crippen molar-refractivity contribution in [3.05, 3.63) is 12.3 Å². The van der Waals surface area contributed by atoms with Crippen molar-refractivity contribution in [1.82, 2.24) is 0 Å². The number of hydrogen-bond acceptors (Lipinski definition) is 2. The molecule has 0 unspecified atom stereocenters. The highest BCUT2D eigenvalue weighted by molar-refractivity contribution is 6.85. The molecule has 0 heterocycles. The number of aliphatic hydroxyl groups is 1. The molecule has 0 aromatic carbocycles. The van der Waals surface area contributed by atoms with Crippen molar-refractivity contribution in [2.45, 2.75) is 19.4 Å². The Morgan fingerprint density at radius 1 is 1.78 bits per heavy atom. The minimum Gasteiger partial charge on any atom is -0.576 e. The van der Waals surface area contributed by atoms with Crippen LogP contribution in [0.1, 0.15) is 13.8 Å². The Labute approximate surface area is 57.6 Å². The second kappa shape index (κ2) is 2.97. The Balaban J connectivity index is 3.74. The molecule has 0 rings (SSSR count). The number of hydrogen-bond donors (Lipinski definition) is 1. The van der Waals surface area contributed by atoms with Gasteiger partial charge < -0.3 is 9.76 Å². The van der Waals surface area contributed by atoms with Crippen molar-refractivity contribution < 1.29 is 9.76 Å². The van der Waals surface area contributed by atoms with Crippen molar-refractivity contribution in [2.75, 3.05) is 0 Å². The Hall–Kier alpha value is -0.370. The van der Waals surface area contributed by atoms with Crippen molar-refractivity contribution in [2.24, 2.45) is 0 Å². The standard InChI is InChI=1S/C5H9B2O2/c1-4(9-7-6)5(2,3)8/h8H,1H2,2-3H3. The van der Waals surface area contributed by atoms with Gasteiger partial charge in [-0.1, -0.05) is 6.58 Å². The lowest BCUT2D eigenvalue weighted by atomic mass is 9.72. The van der Waals surface area contributed by atoms with Crippen LogP contribution in [0.25, 0.3) is 0 Å². The second-order valence-electron chi connectivity index (χ2n) is 2.24. The summed E-state index contributed by atoms with van der Waals surface area (Å²) in [7, 11) is 5.89. The molecule has 0 aliphatic rings. The molecule has 4 heteroatoms. The Morgan fingerprint density at radius 3 is 2.33 bits per heavy atom. The van der Waals surface area contributed by atoms with Gasteiger partial charge in [-0.2, -0.15) is 0 Å². The lowest BCUT2D eigenvalue weighted by molar-refractivity contribution is 0.0806. The maximum atomic E-state index is 9.12. The van der Waals surface area contributed by atoms with E-state index in [1.165, 1.54) is 0 Å². The van der Waals surface area contributed by atoms with Crippen molar-refractivity contribution in [3.8, 4) is 0 Å². The molecule has 0 saturated heterocycles. The van der Waals surface area contributed by atoms with E-state index in [0.717, 1.165) is 7.37 Å². The highest BCUT2D eigenvalue weighted by Crippen LogP contribution is 2.12. The molecule has 0 amide bonds. The van der Waals surface area contributed by atoms with Gasteiger partial charge in [0.05, 0.1) is 13.5 Å². The normalized spacial score (nSPS) is 10.6. The van der Waals surface area contributed by atoms with E-state index >= 15 is 0 Å². The fourth-order valence-corrected chi connectivity index (χ4v) is 0.226. The first kappa shape index (κ1) is 8.63. The zero-order valence-electron chi connectivity index (χ0n) is 5.72. The summed E-state index contributed by atoms with van der Waals surface area (Å²) in [5.74, 6) is 0.241. The monoisotopic (exact) mass is 123 g/mol. The van der Waals surface area contributed by atoms with Gasteiger partial charge in [0.25, 0.3) is 0 Å². The average molecular weight is 123 g/mol. The Bertz CT molecular complexity index is 106. The topological polar surface area (TPSA) is 29.5 Å². The van der Waals surface area contributed by atoms with E-state index in [0.29, 0.717) is 0 Å². The molecule has 0 aromatic rings. The molecule has 0 aromatic heterocycles. The molecule has 0 aliphatic carbocycles. The molecule has 0 atom stereocenters. The summed E-state index contributed by atoms with van der Waals surface area (Å²) in [5, 5.41) is 9.12. The maximum Gasteiger partial charge on any atom is 0.302 e. The van der Waals surface area contributed by atoms with Gasteiger partial charge in [-0.05, 0) is 13.8 Å². The van der Waals surface area contributed by atoms with E-state index in [2.05, 4.69) is 11.2 Å². The van der Waals surface area contributed by atoms with Gasteiger partial charge in [-0.3, -0.25) is 0 Å². The third-order valence-corrected chi connectivity index (χ3v) is 0.893. The van der Waals surface area contributed by atoms with Crippen LogP contribution in [0.5, 0.6) is 0 Å². The zero-order chi connectivity index (χ0) is 7.49. The molecule has 0 bridgehead atoms. The summed E-state index contributed by atoms with van der Waals surface area (Å²) in [5.41, 5.74) is -1.02. The van der Waals surface area contributed by atoms with Gasteiger partial charge in [0.15, 0.2) is 0 Å². The minimum atomic E-state index is -1.02. The quantitative estimate of drug-likeness (QED) is 0.422. The summed E-state index contributed by atoms with van der Waals surface area (Å²) in [6.07, 6.45) is 0. The summed E-state index contributed by atoms with van der Waals surface area (Å²) >= 11 is 0. The van der Waals surface area contributed by atoms with Gasteiger partial charge in [-0.15, -0.1) is 0 Å². The fraction of sp³-hybridized carbons (Fsp3) is 0.600. The highest BCUT2D eigenvalue weighted by atomic mass is 16.4. The smallest absolute Gasteiger partial charge is 0.302 e. The second-order valence-corrected chi connectivity index (χ2v) is 2.24. The molecule has 0 spiro atoms. The maximum absolute atomic E-state index is 9.12. The average Bonchev–Trinajstić information content (AvgIpc) is 1.64. The molecule has 0 saturated carbocycles. The van der Waals surface area contributed by atoms with Gasteiger partial charge >= 0.3 is 7.37 Å². The van der Waals surface area contributed by atoms with E-state index in [1.54, 1.807) is 13.8 Å². The lowest BCUT2D eigenvalue weighted by Gasteiger charge is -2.20. The van der Waals surface area contributed by atoms with Crippen LogP contribution in [0.3, 0.4) is 0 Å². The zero-order valence-corrected chi connectivity index (χ0v) is 5.72. The van der Waals surface area contributed by atoms with E-state index in [9.17, 15) is 0 Å². The van der Waals surface area contributed by atoms with Gasteiger partial charge in [0.1, 0.15) is 5.60 Å². The van der Waals surface area contributed by atoms with Crippen LogP contribution in [0, 0.1) is 0 Å². The molecule has 0 fully saturated rings. The van der Waals surface area contributed by atoms with Crippen LogP contribution < -0.4 is 0 Å². The van der Waals surface area contributed by atoms with Crippen LogP contribution in [0.15, 0.2) is 12.3 Å². The van der Waals surface area contributed by atoms with Crippen LogP contribution in [0.4, 0.5) is 0 Å². The van der Waals surface area contributed by atoms with Crippen LogP contribution in [-0.2, 0) is 4.65 Å². The predicted octanol–water partition coefficient (Wildman–Crippen LogP) is -0.00970. The third-order valence-electron chi connectivity index (χ3n) is 0.893. The first-order chi connectivity index (χ1) is 3.98. The molecule has 2 nitrogen and oxygen atoms in total. The van der Waals surface area contributed by atoms with Gasteiger partial charge in [0, 0.05) is 0 Å². The number of rotatable bonds is 3. The first-order valence-corrected chi connectivity index (χ1v) is 2.60. The van der Waals surface area contributed by atoms with E-state index in [4.69, 9.17) is 12.8 Å². The third kappa shape index (κ3) is 3.25.